The minimum Gasteiger partial charge on any atom is -0.453 e. The van der Waals surface area contributed by atoms with Gasteiger partial charge in [0, 0.05) is 5.56 Å². The number of furan rings is 1. The van der Waals surface area contributed by atoms with Gasteiger partial charge in [-0.1, -0.05) is 45.0 Å². The Kier molecular flexibility index (Phi) is 5.89. The molecule has 1 unspecified atom stereocenters. The fourth-order valence-electron chi connectivity index (χ4n) is 2.58. The fourth-order valence-corrected chi connectivity index (χ4v) is 2.80. The molecule has 1 aromatic carbocycles. The van der Waals surface area contributed by atoms with Crippen LogP contribution in [0.15, 0.2) is 41.0 Å². The van der Waals surface area contributed by atoms with Crippen LogP contribution < -0.4 is 5.32 Å². The van der Waals surface area contributed by atoms with Crippen LogP contribution in [0.25, 0.3) is 0 Å². The molecule has 1 heterocycles. The van der Waals surface area contributed by atoms with Crippen molar-refractivity contribution in [2.45, 2.75) is 39.7 Å². The molecule has 21 heavy (non-hydrogen) atoms. The van der Waals surface area contributed by atoms with Gasteiger partial charge >= 0.3 is 0 Å². The second kappa shape index (κ2) is 7.67. The maximum Gasteiger partial charge on any atom is 0.198 e. The van der Waals surface area contributed by atoms with Gasteiger partial charge in [-0.25, -0.2) is 0 Å². The summed E-state index contributed by atoms with van der Waals surface area (Å²) in [6, 6.07) is 10.8. The molecule has 0 bridgehead atoms. The number of nitrogens with one attached hydrogen (secondary N) is 1. The summed E-state index contributed by atoms with van der Waals surface area (Å²) in [6.45, 7) is 7.59. The van der Waals surface area contributed by atoms with Crippen LogP contribution in [0.3, 0.4) is 0 Å². The molecule has 0 amide bonds. The van der Waals surface area contributed by atoms with Crippen molar-refractivity contribution in [3.63, 3.8) is 0 Å². The largest absolute Gasteiger partial charge is 0.453 e. The first-order valence-corrected chi connectivity index (χ1v) is 8.04. The minimum absolute atomic E-state index is 0.0864. The molecule has 3 heteroatoms. The first kappa shape index (κ1) is 16.1. The summed E-state index contributed by atoms with van der Waals surface area (Å²) in [5, 5.41) is 4.04. The van der Waals surface area contributed by atoms with Crippen molar-refractivity contribution in [1.29, 1.82) is 0 Å². The highest BCUT2D eigenvalue weighted by Crippen LogP contribution is 2.30. The van der Waals surface area contributed by atoms with Crippen LogP contribution >= 0.6 is 11.6 Å². The second-order valence-corrected chi connectivity index (χ2v) is 6.22. The van der Waals surface area contributed by atoms with E-state index in [2.05, 4.69) is 50.4 Å². The van der Waals surface area contributed by atoms with E-state index in [1.807, 2.05) is 6.07 Å². The van der Waals surface area contributed by atoms with Crippen LogP contribution in [-0.4, -0.2) is 6.54 Å². The van der Waals surface area contributed by atoms with Gasteiger partial charge in [0.25, 0.3) is 0 Å². The highest BCUT2D eigenvalue weighted by molar-refractivity contribution is 6.29. The lowest BCUT2D eigenvalue weighted by Crippen LogP contribution is -2.23. The first-order valence-electron chi connectivity index (χ1n) is 7.67. The molecular weight excluding hydrogens is 282 g/mol. The zero-order chi connectivity index (χ0) is 15.2. The summed E-state index contributed by atoms with van der Waals surface area (Å²) in [6.07, 6.45) is 3.82. The van der Waals surface area contributed by atoms with Gasteiger partial charge in [-0.3, -0.25) is 0 Å². The Morgan fingerprint density at radius 3 is 2.67 bits per heavy atom. The molecule has 0 saturated carbocycles. The van der Waals surface area contributed by atoms with E-state index in [0.29, 0.717) is 11.1 Å². The maximum absolute atomic E-state index is 6.18. The molecule has 0 saturated heterocycles. The normalized spacial score (nSPS) is 12.8. The molecule has 1 N–H and O–H groups in total. The SMILES string of the molecule is CCCNC(c1cccc(CC(C)C)c1)c1ccoc1Cl. The molecular formula is C18H24ClNO. The standard InChI is InChI=1S/C18H24ClNO/c1-4-9-20-17(16-8-10-21-18(16)19)15-7-5-6-14(12-15)11-13(2)3/h5-8,10,12-13,17,20H,4,9,11H2,1-3H3. The topological polar surface area (TPSA) is 25.2 Å². The van der Waals surface area contributed by atoms with Crippen molar-refractivity contribution in [1.82, 2.24) is 5.32 Å². The summed E-state index contributed by atoms with van der Waals surface area (Å²) in [4.78, 5) is 0. The molecule has 1 atom stereocenters. The molecule has 0 fully saturated rings. The van der Waals surface area contributed by atoms with Crippen LogP contribution in [0.2, 0.25) is 5.22 Å². The van der Waals surface area contributed by atoms with Gasteiger partial charge in [-0.2, -0.15) is 0 Å². The van der Waals surface area contributed by atoms with Crippen molar-refractivity contribution in [2.24, 2.45) is 5.92 Å². The van der Waals surface area contributed by atoms with E-state index in [1.165, 1.54) is 11.1 Å². The molecule has 0 aliphatic heterocycles. The maximum atomic E-state index is 6.18. The van der Waals surface area contributed by atoms with E-state index in [0.717, 1.165) is 24.9 Å². The van der Waals surface area contributed by atoms with Gasteiger partial charge in [0.15, 0.2) is 5.22 Å². The van der Waals surface area contributed by atoms with Gasteiger partial charge < -0.3 is 9.73 Å². The molecule has 2 rings (SSSR count). The van der Waals surface area contributed by atoms with Crippen molar-refractivity contribution < 1.29 is 4.42 Å². The summed E-state index contributed by atoms with van der Waals surface area (Å²) in [5.74, 6) is 0.653. The fraction of sp³-hybridized carbons (Fsp3) is 0.444. The Hall–Kier alpha value is -1.25. The third kappa shape index (κ3) is 4.36. The third-order valence-electron chi connectivity index (χ3n) is 3.48. The lowest BCUT2D eigenvalue weighted by atomic mass is 9.95. The van der Waals surface area contributed by atoms with Crippen LogP contribution in [0.5, 0.6) is 0 Å². The van der Waals surface area contributed by atoms with Crippen LogP contribution in [0, 0.1) is 5.92 Å². The number of hydrogen-bond donors (Lipinski definition) is 1. The van der Waals surface area contributed by atoms with E-state index in [9.17, 15) is 0 Å². The van der Waals surface area contributed by atoms with Gasteiger partial charge in [-0.15, -0.1) is 0 Å². The Morgan fingerprint density at radius 2 is 2.05 bits per heavy atom. The summed E-state index contributed by atoms with van der Waals surface area (Å²) in [5.41, 5.74) is 3.61. The second-order valence-electron chi connectivity index (χ2n) is 5.88. The molecule has 2 nitrogen and oxygen atoms in total. The smallest absolute Gasteiger partial charge is 0.198 e. The summed E-state index contributed by atoms with van der Waals surface area (Å²) >= 11 is 6.18. The van der Waals surface area contributed by atoms with Crippen molar-refractivity contribution in [3.8, 4) is 0 Å². The highest BCUT2D eigenvalue weighted by atomic mass is 35.5. The third-order valence-corrected chi connectivity index (χ3v) is 3.79. The minimum atomic E-state index is 0.0864. The van der Waals surface area contributed by atoms with Gasteiger partial charge in [0.2, 0.25) is 0 Å². The molecule has 0 spiro atoms. The predicted molar refractivity (Wildman–Crippen MR) is 88.8 cm³/mol. The Morgan fingerprint density at radius 1 is 1.24 bits per heavy atom. The van der Waals surface area contributed by atoms with E-state index >= 15 is 0 Å². The summed E-state index contributed by atoms with van der Waals surface area (Å²) < 4.78 is 5.27. The molecule has 1 aromatic heterocycles. The van der Waals surface area contributed by atoms with Gasteiger partial charge in [-0.05, 0) is 54.1 Å². The average molecular weight is 306 g/mol. The van der Waals surface area contributed by atoms with E-state index in [4.69, 9.17) is 16.0 Å². The zero-order valence-corrected chi connectivity index (χ0v) is 13.8. The molecule has 0 radical (unpaired) electrons. The molecule has 114 valence electrons. The quantitative estimate of drug-likeness (QED) is 0.758. The van der Waals surface area contributed by atoms with E-state index < -0.39 is 0 Å². The van der Waals surface area contributed by atoms with Gasteiger partial charge in [0.05, 0.1) is 12.3 Å². The molecule has 0 aliphatic rings. The predicted octanol–water partition coefficient (Wildman–Crippen LogP) is 5.22. The van der Waals surface area contributed by atoms with E-state index in [1.54, 1.807) is 6.26 Å². The Labute approximate surface area is 132 Å². The number of benzene rings is 1. The molecule has 2 aromatic rings. The first-order chi connectivity index (χ1) is 10.1. The zero-order valence-electron chi connectivity index (χ0n) is 13.0. The number of hydrogen-bond acceptors (Lipinski definition) is 2. The summed E-state index contributed by atoms with van der Waals surface area (Å²) in [7, 11) is 0. The van der Waals surface area contributed by atoms with Crippen LogP contribution in [0.1, 0.15) is 49.9 Å². The van der Waals surface area contributed by atoms with Crippen molar-refractivity contribution in [3.05, 3.63) is 58.5 Å². The highest BCUT2D eigenvalue weighted by Gasteiger charge is 2.18. The van der Waals surface area contributed by atoms with E-state index in [-0.39, 0.29) is 6.04 Å². The number of halogens is 1. The number of rotatable bonds is 7. The van der Waals surface area contributed by atoms with Gasteiger partial charge in [0.1, 0.15) is 0 Å². The Balaban J connectivity index is 2.30. The molecule has 0 aliphatic carbocycles. The van der Waals surface area contributed by atoms with Crippen LogP contribution in [-0.2, 0) is 6.42 Å². The lowest BCUT2D eigenvalue weighted by molar-refractivity contribution is 0.550. The Bertz CT molecular complexity index is 562. The lowest BCUT2D eigenvalue weighted by Gasteiger charge is -2.19. The average Bonchev–Trinajstić information content (AvgIpc) is 2.85. The van der Waals surface area contributed by atoms with Crippen molar-refractivity contribution >= 4 is 11.6 Å². The van der Waals surface area contributed by atoms with Crippen LogP contribution in [0.4, 0.5) is 0 Å². The van der Waals surface area contributed by atoms with Crippen molar-refractivity contribution in [2.75, 3.05) is 6.54 Å². The monoisotopic (exact) mass is 305 g/mol.